The topological polar surface area (TPSA) is 89.8 Å². The number of aliphatic hydroxyl groups is 3. The molecule has 4 N–H and O–H groups in total. The Morgan fingerprint density at radius 3 is 1.28 bits per heavy atom. The summed E-state index contributed by atoms with van der Waals surface area (Å²) < 4.78 is 0. The number of carbonyl (C=O) groups is 1. The Hall–Kier alpha value is -0.910. The van der Waals surface area contributed by atoms with Gasteiger partial charge in [0.25, 0.3) is 0 Å². The van der Waals surface area contributed by atoms with E-state index in [1.54, 1.807) is 0 Å². The van der Waals surface area contributed by atoms with Gasteiger partial charge in [0, 0.05) is 0 Å². The Labute approximate surface area is 287 Å². The first-order valence-electron chi connectivity index (χ1n) is 20.5. The van der Waals surface area contributed by atoms with Gasteiger partial charge in [-0.25, -0.2) is 0 Å². The SMILES string of the molecule is CCCCCCCCC/C=C/CCC[C@@H](O)[C@@H](O)[C@H](CC)NC(=O)C(O)CCCCCCCCCCCCCCCCCCCC. The maximum absolute atomic E-state index is 12.6. The molecule has 0 spiro atoms. The summed E-state index contributed by atoms with van der Waals surface area (Å²) in [5, 5.41) is 34.3. The molecule has 274 valence electrons. The quantitative estimate of drug-likeness (QED) is 0.0401. The van der Waals surface area contributed by atoms with Crippen molar-refractivity contribution in [2.45, 2.75) is 244 Å². The number of carbonyl (C=O) groups excluding carboxylic acids is 1. The van der Waals surface area contributed by atoms with Crippen LogP contribution in [0.3, 0.4) is 0 Å². The second kappa shape index (κ2) is 35.4. The van der Waals surface area contributed by atoms with Gasteiger partial charge in [0.05, 0.1) is 18.2 Å². The van der Waals surface area contributed by atoms with Gasteiger partial charge in [-0.3, -0.25) is 4.79 Å². The molecular formula is C41H81NO4. The molecule has 0 aliphatic carbocycles. The van der Waals surface area contributed by atoms with Gasteiger partial charge in [0.1, 0.15) is 6.10 Å². The smallest absolute Gasteiger partial charge is 0.249 e. The summed E-state index contributed by atoms with van der Waals surface area (Å²) in [6.07, 6.45) is 38.7. The average molecular weight is 652 g/mol. The zero-order chi connectivity index (χ0) is 33.9. The Balaban J connectivity index is 3.77. The Morgan fingerprint density at radius 1 is 0.500 bits per heavy atom. The summed E-state index contributed by atoms with van der Waals surface area (Å²) in [5.41, 5.74) is 0. The summed E-state index contributed by atoms with van der Waals surface area (Å²) in [6.45, 7) is 6.42. The summed E-state index contributed by atoms with van der Waals surface area (Å²) in [7, 11) is 0. The van der Waals surface area contributed by atoms with E-state index >= 15 is 0 Å². The molecule has 5 nitrogen and oxygen atoms in total. The monoisotopic (exact) mass is 652 g/mol. The van der Waals surface area contributed by atoms with Crippen molar-refractivity contribution < 1.29 is 20.1 Å². The first-order chi connectivity index (χ1) is 22.5. The van der Waals surface area contributed by atoms with E-state index in [1.807, 2.05) is 6.92 Å². The normalized spacial score (nSPS) is 14.5. The van der Waals surface area contributed by atoms with Crippen LogP contribution in [-0.4, -0.2) is 45.6 Å². The third kappa shape index (κ3) is 29.2. The lowest BCUT2D eigenvalue weighted by Gasteiger charge is -2.27. The van der Waals surface area contributed by atoms with Crippen LogP contribution in [0, 0.1) is 0 Å². The van der Waals surface area contributed by atoms with E-state index in [0.29, 0.717) is 19.3 Å². The molecule has 0 bridgehead atoms. The minimum Gasteiger partial charge on any atom is -0.390 e. The predicted molar refractivity (Wildman–Crippen MR) is 199 cm³/mol. The standard InChI is InChI=1S/C41H81NO4/c1-4-7-9-11-13-15-17-19-20-21-22-23-24-26-28-30-32-34-36-39(44)41(46)42-37(6-3)40(45)38(43)35-33-31-29-27-25-18-16-14-12-10-8-5-2/h27,29,37-40,43-45H,4-26,28,30-36H2,1-3H3,(H,42,46)/b29-27+/t37-,38+,39?,40-/m0/s1. The molecule has 0 aromatic rings. The maximum atomic E-state index is 12.6. The molecule has 0 saturated carbocycles. The summed E-state index contributed by atoms with van der Waals surface area (Å²) in [4.78, 5) is 12.6. The Bertz CT molecular complexity index is 654. The van der Waals surface area contributed by atoms with E-state index in [1.165, 1.54) is 141 Å². The van der Waals surface area contributed by atoms with Crippen molar-refractivity contribution in [3.63, 3.8) is 0 Å². The van der Waals surface area contributed by atoms with Gasteiger partial charge in [-0.05, 0) is 44.9 Å². The summed E-state index contributed by atoms with van der Waals surface area (Å²) in [6, 6.07) is -0.551. The van der Waals surface area contributed by atoms with E-state index in [4.69, 9.17) is 0 Å². The summed E-state index contributed by atoms with van der Waals surface area (Å²) >= 11 is 0. The van der Waals surface area contributed by atoms with Crippen LogP contribution in [0.5, 0.6) is 0 Å². The molecule has 0 saturated heterocycles. The fourth-order valence-electron chi connectivity index (χ4n) is 6.42. The van der Waals surface area contributed by atoms with Crippen LogP contribution in [0.1, 0.15) is 220 Å². The molecule has 4 atom stereocenters. The highest BCUT2D eigenvalue weighted by atomic mass is 16.3. The Morgan fingerprint density at radius 2 is 0.870 bits per heavy atom. The molecule has 46 heavy (non-hydrogen) atoms. The van der Waals surface area contributed by atoms with E-state index in [0.717, 1.165) is 38.5 Å². The number of hydrogen-bond acceptors (Lipinski definition) is 4. The lowest BCUT2D eigenvalue weighted by Crippen LogP contribution is -2.50. The maximum Gasteiger partial charge on any atom is 0.249 e. The van der Waals surface area contributed by atoms with Crippen molar-refractivity contribution in [1.82, 2.24) is 5.32 Å². The van der Waals surface area contributed by atoms with Crippen LogP contribution in [0.2, 0.25) is 0 Å². The molecule has 0 radical (unpaired) electrons. The van der Waals surface area contributed by atoms with E-state index in [-0.39, 0.29) is 0 Å². The van der Waals surface area contributed by atoms with Gasteiger partial charge in [-0.15, -0.1) is 0 Å². The first-order valence-corrected chi connectivity index (χ1v) is 20.5. The van der Waals surface area contributed by atoms with Gasteiger partial charge in [-0.2, -0.15) is 0 Å². The first kappa shape index (κ1) is 45.1. The second-order valence-corrected chi connectivity index (χ2v) is 14.2. The molecule has 1 unspecified atom stereocenters. The molecule has 0 aromatic heterocycles. The van der Waals surface area contributed by atoms with Crippen molar-refractivity contribution in [3.8, 4) is 0 Å². The fourth-order valence-corrected chi connectivity index (χ4v) is 6.42. The van der Waals surface area contributed by atoms with Crippen LogP contribution >= 0.6 is 0 Å². The van der Waals surface area contributed by atoms with Crippen molar-refractivity contribution >= 4 is 5.91 Å². The highest BCUT2D eigenvalue weighted by molar-refractivity contribution is 5.80. The zero-order valence-electron chi connectivity index (χ0n) is 31.1. The average Bonchev–Trinajstić information content (AvgIpc) is 3.06. The van der Waals surface area contributed by atoms with Crippen molar-refractivity contribution in [3.05, 3.63) is 12.2 Å². The predicted octanol–water partition coefficient (Wildman–Crippen LogP) is 11.3. The molecule has 0 heterocycles. The van der Waals surface area contributed by atoms with Crippen LogP contribution in [0.15, 0.2) is 12.2 Å². The van der Waals surface area contributed by atoms with Crippen LogP contribution in [0.4, 0.5) is 0 Å². The Kier molecular flexibility index (Phi) is 34.7. The number of hydrogen-bond donors (Lipinski definition) is 4. The minimum absolute atomic E-state index is 0.432. The van der Waals surface area contributed by atoms with E-state index in [9.17, 15) is 20.1 Å². The molecule has 0 aromatic carbocycles. The third-order valence-electron chi connectivity index (χ3n) is 9.72. The molecule has 0 aliphatic rings. The molecule has 0 aliphatic heterocycles. The van der Waals surface area contributed by atoms with Crippen molar-refractivity contribution in [2.75, 3.05) is 0 Å². The number of aliphatic hydroxyl groups excluding tert-OH is 3. The number of allylic oxidation sites excluding steroid dienone is 2. The second-order valence-electron chi connectivity index (χ2n) is 14.2. The number of unbranched alkanes of at least 4 members (excludes halogenated alkanes) is 25. The van der Waals surface area contributed by atoms with Gasteiger partial charge in [0.2, 0.25) is 5.91 Å². The minimum atomic E-state index is -1.05. The largest absolute Gasteiger partial charge is 0.390 e. The lowest BCUT2D eigenvalue weighted by molar-refractivity contribution is -0.132. The van der Waals surface area contributed by atoms with Gasteiger partial charge in [-0.1, -0.05) is 187 Å². The van der Waals surface area contributed by atoms with E-state index < -0.39 is 30.3 Å². The highest BCUT2D eigenvalue weighted by Crippen LogP contribution is 2.16. The highest BCUT2D eigenvalue weighted by Gasteiger charge is 2.27. The molecular weight excluding hydrogens is 570 g/mol. The van der Waals surface area contributed by atoms with Crippen molar-refractivity contribution in [1.29, 1.82) is 0 Å². The van der Waals surface area contributed by atoms with Crippen LogP contribution in [-0.2, 0) is 4.79 Å². The van der Waals surface area contributed by atoms with Gasteiger partial charge in [0.15, 0.2) is 0 Å². The number of amides is 1. The molecule has 0 fully saturated rings. The van der Waals surface area contributed by atoms with Crippen molar-refractivity contribution in [2.24, 2.45) is 0 Å². The number of nitrogens with one attached hydrogen (secondary N) is 1. The van der Waals surface area contributed by atoms with Gasteiger partial charge >= 0.3 is 0 Å². The number of rotatable bonds is 36. The third-order valence-corrected chi connectivity index (χ3v) is 9.72. The zero-order valence-corrected chi connectivity index (χ0v) is 31.1. The molecule has 5 heteroatoms. The van der Waals surface area contributed by atoms with Gasteiger partial charge < -0.3 is 20.6 Å². The van der Waals surface area contributed by atoms with Crippen LogP contribution in [0.25, 0.3) is 0 Å². The molecule has 1 amide bonds. The molecule has 0 rings (SSSR count). The fraction of sp³-hybridized carbons (Fsp3) is 0.927. The summed E-state index contributed by atoms with van der Waals surface area (Å²) in [5.74, 6) is -0.432. The van der Waals surface area contributed by atoms with E-state index in [2.05, 4.69) is 31.3 Å². The van der Waals surface area contributed by atoms with Crippen LogP contribution < -0.4 is 5.32 Å². The lowest BCUT2D eigenvalue weighted by atomic mass is 9.98.